The summed E-state index contributed by atoms with van der Waals surface area (Å²) in [6, 6.07) is 11.7. The number of thiophene rings is 1. The van der Waals surface area contributed by atoms with Crippen molar-refractivity contribution >= 4 is 33.1 Å². The second kappa shape index (κ2) is 6.58. The SMILES string of the molecule is CCNC(=O)c1ccc(CNc2ccnc3ccsc23)cc1. The van der Waals surface area contributed by atoms with Crippen LogP contribution in [0.15, 0.2) is 48.0 Å². The molecule has 0 aliphatic heterocycles. The number of hydrogen-bond acceptors (Lipinski definition) is 4. The van der Waals surface area contributed by atoms with E-state index in [-0.39, 0.29) is 5.91 Å². The summed E-state index contributed by atoms with van der Waals surface area (Å²) in [6.45, 7) is 3.27. The zero-order chi connectivity index (χ0) is 15.4. The lowest BCUT2D eigenvalue weighted by Gasteiger charge is -2.08. The topological polar surface area (TPSA) is 54.0 Å². The standard InChI is InChI=1S/C17H17N3OS/c1-2-18-17(21)13-5-3-12(4-6-13)11-20-14-7-9-19-15-8-10-22-16(14)15/h3-10H,2,11H2,1H3,(H,18,21)(H,19,20). The number of carbonyl (C=O) groups is 1. The monoisotopic (exact) mass is 311 g/mol. The first-order chi connectivity index (χ1) is 10.8. The molecule has 0 bridgehead atoms. The van der Waals surface area contributed by atoms with Gasteiger partial charge in [0.25, 0.3) is 5.91 Å². The summed E-state index contributed by atoms with van der Waals surface area (Å²) in [5, 5.41) is 8.28. The van der Waals surface area contributed by atoms with Gasteiger partial charge in [-0.25, -0.2) is 0 Å². The molecule has 2 N–H and O–H groups in total. The minimum Gasteiger partial charge on any atom is -0.380 e. The van der Waals surface area contributed by atoms with Crippen LogP contribution in [0.3, 0.4) is 0 Å². The van der Waals surface area contributed by atoms with Crippen molar-refractivity contribution in [2.24, 2.45) is 0 Å². The molecule has 4 nitrogen and oxygen atoms in total. The quantitative estimate of drug-likeness (QED) is 0.756. The largest absolute Gasteiger partial charge is 0.380 e. The van der Waals surface area contributed by atoms with Crippen molar-refractivity contribution in [3.8, 4) is 0 Å². The molecule has 0 aliphatic rings. The number of nitrogens with one attached hydrogen (secondary N) is 2. The van der Waals surface area contributed by atoms with Crippen LogP contribution in [0.5, 0.6) is 0 Å². The lowest BCUT2D eigenvalue weighted by Crippen LogP contribution is -2.22. The number of nitrogens with zero attached hydrogens (tertiary/aromatic N) is 1. The second-order valence-electron chi connectivity index (χ2n) is 4.90. The fourth-order valence-corrected chi connectivity index (χ4v) is 3.09. The highest BCUT2D eigenvalue weighted by molar-refractivity contribution is 7.17. The highest BCUT2D eigenvalue weighted by Crippen LogP contribution is 2.27. The van der Waals surface area contributed by atoms with Gasteiger partial charge in [-0.1, -0.05) is 12.1 Å². The van der Waals surface area contributed by atoms with Gasteiger partial charge in [-0.3, -0.25) is 9.78 Å². The number of anilines is 1. The number of fused-ring (bicyclic) bond motifs is 1. The van der Waals surface area contributed by atoms with Crippen LogP contribution in [-0.2, 0) is 6.54 Å². The van der Waals surface area contributed by atoms with Crippen molar-refractivity contribution in [1.82, 2.24) is 10.3 Å². The fourth-order valence-electron chi connectivity index (χ4n) is 2.25. The number of benzene rings is 1. The summed E-state index contributed by atoms with van der Waals surface area (Å²) in [5.41, 5.74) is 3.93. The Morgan fingerprint density at radius 1 is 1.18 bits per heavy atom. The van der Waals surface area contributed by atoms with Crippen molar-refractivity contribution < 1.29 is 4.79 Å². The zero-order valence-corrected chi connectivity index (χ0v) is 13.1. The van der Waals surface area contributed by atoms with Crippen LogP contribution in [-0.4, -0.2) is 17.4 Å². The van der Waals surface area contributed by atoms with Crippen LogP contribution in [0, 0.1) is 0 Å². The number of hydrogen-bond donors (Lipinski definition) is 2. The minimum atomic E-state index is -0.0311. The third-order valence-corrected chi connectivity index (χ3v) is 4.32. The first-order valence-electron chi connectivity index (χ1n) is 7.21. The maximum Gasteiger partial charge on any atom is 0.251 e. The zero-order valence-electron chi connectivity index (χ0n) is 12.3. The first-order valence-corrected chi connectivity index (χ1v) is 8.09. The highest BCUT2D eigenvalue weighted by Gasteiger charge is 2.05. The molecule has 0 spiro atoms. The maximum atomic E-state index is 11.7. The van der Waals surface area contributed by atoms with E-state index in [0.717, 1.165) is 16.8 Å². The predicted molar refractivity (Wildman–Crippen MR) is 91.4 cm³/mol. The van der Waals surface area contributed by atoms with Gasteiger partial charge in [0, 0.05) is 24.8 Å². The van der Waals surface area contributed by atoms with E-state index in [4.69, 9.17) is 0 Å². The van der Waals surface area contributed by atoms with Gasteiger partial charge >= 0.3 is 0 Å². The minimum absolute atomic E-state index is 0.0311. The number of aromatic nitrogens is 1. The van der Waals surface area contributed by atoms with Crippen LogP contribution in [0.25, 0.3) is 10.2 Å². The summed E-state index contributed by atoms with van der Waals surface area (Å²) < 4.78 is 1.17. The molecule has 3 rings (SSSR count). The van der Waals surface area contributed by atoms with Crippen LogP contribution in [0.2, 0.25) is 0 Å². The molecule has 3 aromatic rings. The maximum absolute atomic E-state index is 11.7. The van der Waals surface area contributed by atoms with Gasteiger partial charge in [-0.15, -0.1) is 11.3 Å². The molecule has 1 amide bonds. The van der Waals surface area contributed by atoms with Gasteiger partial charge in [-0.05, 0) is 42.1 Å². The Hall–Kier alpha value is -2.40. The Morgan fingerprint density at radius 2 is 2.00 bits per heavy atom. The van der Waals surface area contributed by atoms with Gasteiger partial charge in [0.2, 0.25) is 0 Å². The summed E-state index contributed by atoms with van der Waals surface area (Å²) in [7, 11) is 0. The van der Waals surface area contributed by atoms with Crippen LogP contribution in [0.1, 0.15) is 22.8 Å². The second-order valence-corrected chi connectivity index (χ2v) is 5.82. The molecular formula is C17H17N3OS. The fraction of sp³-hybridized carbons (Fsp3) is 0.176. The highest BCUT2D eigenvalue weighted by atomic mass is 32.1. The summed E-state index contributed by atoms with van der Waals surface area (Å²) in [6.07, 6.45) is 1.82. The molecule has 5 heteroatoms. The number of pyridine rings is 1. The van der Waals surface area contributed by atoms with E-state index < -0.39 is 0 Å². The van der Waals surface area contributed by atoms with Crippen LogP contribution < -0.4 is 10.6 Å². The average Bonchev–Trinajstić information content (AvgIpc) is 3.03. The van der Waals surface area contributed by atoms with Gasteiger partial charge < -0.3 is 10.6 Å². The first kappa shape index (κ1) is 14.5. The molecule has 0 saturated carbocycles. The van der Waals surface area contributed by atoms with Crippen molar-refractivity contribution in [3.63, 3.8) is 0 Å². The third kappa shape index (κ3) is 3.09. The van der Waals surface area contributed by atoms with E-state index in [2.05, 4.69) is 15.6 Å². The van der Waals surface area contributed by atoms with Crippen molar-refractivity contribution in [2.45, 2.75) is 13.5 Å². The Balaban J connectivity index is 1.69. The number of carbonyl (C=O) groups excluding carboxylic acids is 1. The number of rotatable bonds is 5. The van der Waals surface area contributed by atoms with Crippen molar-refractivity contribution in [1.29, 1.82) is 0 Å². The molecule has 0 aliphatic carbocycles. The van der Waals surface area contributed by atoms with E-state index in [0.29, 0.717) is 18.7 Å². The molecule has 0 saturated heterocycles. The molecular weight excluding hydrogens is 294 g/mol. The van der Waals surface area contributed by atoms with Crippen molar-refractivity contribution in [3.05, 3.63) is 59.1 Å². The van der Waals surface area contributed by atoms with E-state index in [1.165, 1.54) is 4.70 Å². The lowest BCUT2D eigenvalue weighted by atomic mass is 10.1. The average molecular weight is 311 g/mol. The van der Waals surface area contributed by atoms with E-state index in [9.17, 15) is 4.79 Å². The Morgan fingerprint density at radius 3 is 2.77 bits per heavy atom. The molecule has 2 aromatic heterocycles. The summed E-state index contributed by atoms with van der Waals surface area (Å²) in [5.74, 6) is -0.0311. The molecule has 0 radical (unpaired) electrons. The molecule has 112 valence electrons. The van der Waals surface area contributed by atoms with Gasteiger partial charge in [0.05, 0.1) is 15.9 Å². The van der Waals surface area contributed by atoms with E-state index in [1.807, 2.05) is 54.9 Å². The molecule has 0 unspecified atom stereocenters. The van der Waals surface area contributed by atoms with Crippen LogP contribution >= 0.6 is 11.3 Å². The molecule has 0 atom stereocenters. The Labute approximate surface area is 133 Å². The normalized spacial score (nSPS) is 10.6. The summed E-state index contributed by atoms with van der Waals surface area (Å²) >= 11 is 1.68. The molecule has 2 heterocycles. The molecule has 0 fully saturated rings. The molecule has 1 aromatic carbocycles. The smallest absolute Gasteiger partial charge is 0.251 e. The van der Waals surface area contributed by atoms with Gasteiger partial charge in [0.1, 0.15) is 0 Å². The van der Waals surface area contributed by atoms with Gasteiger partial charge in [0.15, 0.2) is 0 Å². The lowest BCUT2D eigenvalue weighted by molar-refractivity contribution is 0.0956. The molecule has 22 heavy (non-hydrogen) atoms. The van der Waals surface area contributed by atoms with E-state index >= 15 is 0 Å². The van der Waals surface area contributed by atoms with Crippen LogP contribution in [0.4, 0.5) is 5.69 Å². The Bertz CT molecular complexity index is 780. The van der Waals surface area contributed by atoms with E-state index in [1.54, 1.807) is 11.3 Å². The van der Waals surface area contributed by atoms with Gasteiger partial charge in [-0.2, -0.15) is 0 Å². The number of amides is 1. The Kier molecular flexibility index (Phi) is 4.34. The van der Waals surface area contributed by atoms with Crippen molar-refractivity contribution in [2.75, 3.05) is 11.9 Å². The predicted octanol–water partition coefficient (Wildman–Crippen LogP) is 3.66. The third-order valence-electron chi connectivity index (χ3n) is 3.38. The summed E-state index contributed by atoms with van der Waals surface area (Å²) in [4.78, 5) is 16.1.